The van der Waals surface area contributed by atoms with Crippen molar-refractivity contribution in [3.05, 3.63) is 22.7 Å². The Morgan fingerprint density at radius 3 is 2.95 bits per heavy atom. The molecule has 2 atom stereocenters. The second-order valence-electron chi connectivity index (χ2n) is 5.19. The number of carboxylic acids is 1. The summed E-state index contributed by atoms with van der Waals surface area (Å²) >= 11 is 0. The Labute approximate surface area is 116 Å². The molecule has 2 heterocycles. The number of piperidine rings is 1. The van der Waals surface area contributed by atoms with Gasteiger partial charge in [-0.3, -0.25) is 9.59 Å². The molecule has 2 rings (SSSR count). The van der Waals surface area contributed by atoms with Crippen molar-refractivity contribution in [2.75, 3.05) is 18.0 Å². The Kier molecular flexibility index (Phi) is 4.08. The number of aromatic nitrogens is 2. The number of anilines is 1. The fourth-order valence-corrected chi connectivity index (χ4v) is 2.81. The van der Waals surface area contributed by atoms with Crippen molar-refractivity contribution in [3.63, 3.8) is 0 Å². The standard InChI is InChI=1S/C13H19N3O4/c1-2-3-13(12(19)20)4-5-16(7-9(13)17)10-6-11(18)15-8-14-10/h6,8-9,17H,2-5,7H2,1H3,(H,19,20)(H,14,15,18)/t9-,13-/m0/s1. The minimum absolute atomic E-state index is 0.169. The number of aliphatic hydroxyl groups is 1. The van der Waals surface area contributed by atoms with Crippen LogP contribution in [0.25, 0.3) is 0 Å². The van der Waals surface area contributed by atoms with E-state index in [0.717, 1.165) is 0 Å². The van der Waals surface area contributed by atoms with Gasteiger partial charge in [0.05, 0.1) is 17.8 Å². The van der Waals surface area contributed by atoms with Crippen LogP contribution in [0.15, 0.2) is 17.2 Å². The molecule has 0 saturated carbocycles. The van der Waals surface area contributed by atoms with Crippen LogP contribution in [0.2, 0.25) is 0 Å². The SMILES string of the molecule is CCC[C@]1(C(=O)O)CCN(c2cc(=O)[nH]cn2)C[C@@H]1O. The molecule has 0 spiro atoms. The van der Waals surface area contributed by atoms with E-state index in [1.807, 2.05) is 6.92 Å². The molecule has 1 fully saturated rings. The number of nitrogens with one attached hydrogen (secondary N) is 1. The highest BCUT2D eigenvalue weighted by Gasteiger charge is 2.48. The van der Waals surface area contributed by atoms with E-state index in [1.54, 1.807) is 4.90 Å². The lowest BCUT2D eigenvalue weighted by atomic mass is 9.73. The number of H-pyrrole nitrogens is 1. The van der Waals surface area contributed by atoms with Crippen molar-refractivity contribution < 1.29 is 15.0 Å². The summed E-state index contributed by atoms with van der Waals surface area (Å²) in [6.07, 6.45) is 1.81. The Bertz CT molecular complexity index is 544. The number of rotatable bonds is 4. The third-order valence-electron chi connectivity index (χ3n) is 3.97. The van der Waals surface area contributed by atoms with Crippen molar-refractivity contribution >= 4 is 11.8 Å². The van der Waals surface area contributed by atoms with Gasteiger partial charge >= 0.3 is 5.97 Å². The van der Waals surface area contributed by atoms with Gasteiger partial charge in [-0.25, -0.2) is 4.98 Å². The summed E-state index contributed by atoms with van der Waals surface area (Å²) in [6.45, 7) is 2.53. The molecule has 20 heavy (non-hydrogen) atoms. The van der Waals surface area contributed by atoms with Gasteiger partial charge < -0.3 is 20.1 Å². The molecule has 0 aliphatic carbocycles. The summed E-state index contributed by atoms with van der Waals surface area (Å²) < 4.78 is 0. The molecule has 0 bridgehead atoms. The van der Waals surface area contributed by atoms with Gasteiger partial charge in [0, 0.05) is 19.2 Å². The average Bonchev–Trinajstić information content (AvgIpc) is 2.41. The lowest BCUT2D eigenvalue weighted by molar-refractivity contribution is -0.159. The summed E-state index contributed by atoms with van der Waals surface area (Å²) in [5, 5.41) is 19.7. The van der Waals surface area contributed by atoms with E-state index >= 15 is 0 Å². The lowest BCUT2D eigenvalue weighted by Gasteiger charge is -2.43. The molecule has 3 N–H and O–H groups in total. The second kappa shape index (κ2) is 5.62. The average molecular weight is 281 g/mol. The van der Waals surface area contributed by atoms with Crippen molar-refractivity contribution in [1.82, 2.24) is 9.97 Å². The molecule has 1 saturated heterocycles. The number of carbonyl (C=O) groups is 1. The predicted molar refractivity (Wildman–Crippen MR) is 72.7 cm³/mol. The smallest absolute Gasteiger partial charge is 0.312 e. The van der Waals surface area contributed by atoms with Crippen molar-refractivity contribution in [2.45, 2.75) is 32.3 Å². The second-order valence-corrected chi connectivity index (χ2v) is 5.19. The van der Waals surface area contributed by atoms with Crippen LogP contribution in [0.5, 0.6) is 0 Å². The topological polar surface area (TPSA) is 107 Å². The fourth-order valence-electron chi connectivity index (χ4n) is 2.81. The Balaban J connectivity index is 2.20. The summed E-state index contributed by atoms with van der Waals surface area (Å²) in [6, 6.07) is 1.35. The highest BCUT2D eigenvalue weighted by molar-refractivity contribution is 5.76. The minimum Gasteiger partial charge on any atom is -0.481 e. The first kappa shape index (κ1) is 14.5. The Morgan fingerprint density at radius 1 is 1.65 bits per heavy atom. The van der Waals surface area contributed by atoms with Crippen LogP contribution in [0.3, 0.4) is 0 Å². The molecule has 0 radical (unpaired) electrons. The first-order valence-electron chi connectivity index (χ1n) is 6.71. The Hall–Kier alpha value is -1.89. The van der Waals surface area contributed by atoms with Gasteiger partial charge in [0.2, 0.25) is 0 Å². The quantitative estimate of drug-likeness (QED) is 0.728. The zero-order valence-electron chi connectivity index (χ0n) is 11.4. The molecule has 1 aliphatic rings. The monoisotopic (exact) mass is 281 g/mol. The van der Waals surface area contributed by atoms with Crippen molar-refractivity contribution in [2.24, 2.45) is 5.41 Å². The zero-order valence-corrected chi connectivity index (χ0v) is 11.4. The maximum atomic E-state index is 11.5. The number of hydrogen-bond donors (Lipinski definition) is 3. The van der Waals surface area contributed by atoms with E-state index in [9.17, 15) is 19.8 Å². The van der Waals surface area contributed by atoms with Crippen LogP contribution >= 0.6 is 0 Å². The van der Waals surface area contributed by atoms with E-state index in [2.05, 4.69) is 9.97 Å². The minimum atomic E-state index is -1.09. The number of aromatic amines is 1. The number of hydrogen-bond acceptors (Lipinski definition) is 5. The molecular weight excluding hydrogens is 262 g/mol. The largest absolute Gasteiger partial charge is 0.481 e. The number of carboxylic acid groups (broad SMARTS) is 1. The molecule has 1 aromatic rings. The highest BCUT2D eigenvalue weighted by Crippen LogP contribution is 2.37. The lowest BCUT2D eigenvalue weighted by Crippen LogP contribution is -2.55. The van der Waals surface area contributed by atoms with Gasteiger partial charge in [0.25, 0.3) is 5.56 Å². The van der Waals surface area contributed by atoms with E-state index in [-0.39, 0.29) is 12.1 Å². The molecule has 1 aromatic heterocycles. The molecule has 7 nitrogen and oxygen atoms in total. The molecular formula is C13H19N3O4. The normalized spacial score (nSPS) is 26.5. The van der Waals surface area contributed by atoms with E-state index in [1.165, 1.54) is 12.4 Å². The Morgan fingerprint density at radius 2 is 2.40 bits per heavy atom. The van der Waals surface area contributed by atoms with Gasteiger partial charge in [-0.2, -0.15) is 0 Å². The fraction of sp³-hybridized carbons (Fsp3) is 0.615. The summed E-state index contributed by atoms with van der Waals surface area (Å²) in [7, 11) is 0. The van der Waals surface area contributed by atoms with Gasteiger partial charge in [-0.1, -0.05) is 13.3 Å². The number of β-amino-alcohol motifs (C(OH)–C–C–N with tert-alkyl or cyclic N) is 1. The first-order chi connectivity index (χ1) is 9.49. The highest BCUT2D eigenvalue weighted by atomic mass is 16.4. The maximum absolute atomic E-state index is 11.5. The maximum Gasteiger partial charge on any atom is 0.312 e. The van der Waals surface area contributed by atoms with Gasteiger partial charge in [0.1, 0.15) is 5.82 Å². The molecule has 110 valence electrons. The number of nitrogens with zero attached hydrogens (tertiary/aromatic N) is 2. The third-order valence-corrected chi connectivity index (χ3v) is 3.97. The van der Waals surface area contributed by atoms with Crippen LogP contribution in [0.4, 0.5) is 5.82 Å². The molecule has 1 aliphatic heterocycles. The van der Waals surface area contributed by atoms with Crippen molar-refractivity contribution in [1.29, 1.82) is 0 Å². The van der Waals surface area contributed by atoms with Gasteiger partial charge in [-0.15, -0.1) is 0 Å². The molecule has 0 unspecified atom stereocenters. The van der Waals surface area contributed by atoms with Crippen molar-refractivity contribution in [3.8, 4) is 0 Å². The molecule has 0 amide bonds. The summed E-state index contributed by atoms with van der Waals surface area (Å²) in [5.41, 5.74) is -1.36. The number of aliphatic carboxylic acids is 1. The third kappa shape index (κ3) is 2.53. The van der Waals surface area contributed by atoms with Crippen LogP contribution in [0.1, 0.15) is 26.2 Å². The van der Waals surface area contributed by atoms with Crippen LogP contribution in [0, 0.1) is 5.41 Å². The van der Waals surface area contributed by atoms with E-state index in [0.29, 0.717) is 31.6 Å². The van der Waals surface area contributed by atoms with E-state index in [4.69, 9.17) is 0 Å². The summed E-state index contributed by atoms with van der Waals surface area (Å²) in [5.74, 6) is -0.492. The van der Waals surface area contributed by atoms with Gasteiger partial charge in [-0.05, 0) is 12.8 Å². The van der Waals surface area contributed by atoms with Crippen LogP contribution in [-0.2, 0) is 4.79 Å². The summed E-state index contributed by atoms with van der Waals surface area (Å²) in [4.78, 5) is 31.0. The zero-order chi connectivity index (χ0) is 14.8. The molecule has 0 aromatic carbocycles. The molecule has 7 heteroatoms. The van der Waals surface area contributed by atoms with Crippen LogP contribution < -0.4 is 10.5 Å². The first-order valence-corrected chi connectivity index (χ1v) is 6.71. The predicted octanol–water partition coefficient (Wildman–Crippen LogP) is 0.212. The number of aliphatic hydroxyl groups excluding tert-OH is 1. The van der Waals surface area contributed by atoms with Crippen LogP contribution in [-0.4, -0.2) is 45.3 Å². The van der Waals surface area contributed by atoms with E-state index < -0.39 is 17.5 Å². The van der Waals surface area contributed by atoms with Gasteiger partial charge in [0.15, 0.2) is 0 Å².